The number of ether oxygens (including phenoxy) is 1. The quantitative estimate of drug-likeness (QED) is 0.590. The lowest BCUT2D eigenvalue weighted by Gasteiger charge is -2.18. The molecule has 1 aromatic heterocycles. The largest absolute Gasteiger partial charge is 0.477 e. The summed E-state index contributed by atoms with van der Waals surface area (Å²) < 4.78 is 6.47. The van der Waals surface area contributed by atoms with Crippen molar-refractivity contribution in [2.45, 2.75) is 39.2 Å². The van der Waals surface area contributed by atoms with Gasteiger partial charge in [0.25, 0.3) is 0 Å². The van der Waals surface area contributed by atoms with Crippen molar-refractivity contribution in [1.82, 2.24) is 9.78 Å². The Hall–Kier alpha value is -1.34. The molecule has 0 saturated carbocycles. The summed E-state index contributed by atoms with van der Waals surface area (Å²) in [4.78, 5) is 11.7. The average molecular weight is 240 g/mol. The SMILES string of the molecule is C[C@@H](B(O)O)n1cc(C(=O)OC(C)(C)C)cn1. The summed E-state index contributed by atoms with van der Waals surface area (Å²) in [7, 11) is -1.53. The topological polar surface area (TPSA) is 84.6 Å². The normalized spacial score (nSPS) is 13.3. The van der Waals surface area contributed by atoms with Gasteiger partial charge in [0, 0.05) is 6.20 Å². The molecule has 0 aliphatic carbocycles. The van der Waals surface area contributed by atoms with Crippen LogP contribution in [0, 0.1) is 0 Å². The van der Waals surface area contributed by atoms with Crippen LogP contribution < -0.4 is 0 Å². The lowest BCUT2D eigenvalue weighted by atomic mass is 9.81. The summed E-state index contributed by atoms with van der Waals surface area (Å²) in [6, 6.07) is 0. The molecule has 17 heavy (non-hydrogen) atoms. The fourth-order valence-electron chi connectivity index (χ4n) is 1.14. The Kier molecular flexibility index (Phi) is 3.95. The second kappa shape index (κ2) is 4.89. The van der Waals surface area contributed by atoms with E-state index in [4.69, 9.17) is 14.8 Å². The summed E-state index contributed by atoms with van der Waals surface area (Å²) in [5.74, 6) is -1.10. The zero-order valence-corrected chi connectivity index (χ0v) is 10.4. The lowest BCUT2D eigenvalue weighted by Crippen LogP contribution is -2.26. The highest BCUT2D eigenvalue weighted by atomic mass is 16.6. The van der Waals surface area contributed by atoms with Crippen LogP contribution in [0.1, 0.15) is 44.0 Å². The fraction of sp³-hybridized carbons (Fsp3) is 0.600. The average Bonchev–Trinajstić information content (AvgIpc) is 2.62. The smallest absolute Gasteiger partial charge is 0.456 e. The Bertz CT molecular complexity index is 397. The van der Waals surface area contributed by atoms with Gasteiger partial charge in [-0.1, -0.05) is 0 Å². The van der Waals surface area contributed by atoms with Gasteiger partial charge in [0.05, 0.1) is 17.7 Å². The highest BCUT2D eigenvalue weighted by molar-refractivity contribution is 6.41. The van der Waals surface area contributed by atoms with Crippen LogP contribution in [0.2, 0.25) is 0 Å². The number of rotatable bonds is 3. The first kappa shape index (κ1) is 13.7. The predicted molar refractivity (Wildman–Crippen MR) is 62.3 cm³/mol. The number of aromatic nitrogens is 2. The van der Waals surface area contributed by atoms with Crippen LogP contribution in [0.15, 0.2) is 12.4 Å². The van der Waals surface area contributed by atoms with Crippen molar-refractivity contribution in [2.24, 2.45) is 0 Å². The molecule has 1 atom stereocenters. The summed E-state index contributed by atoms with van der Waals surface area (Å²) >= 11 is 0. The van der Waals surface area contributed by atoms with Crippen LogP contribution in [0.4, 0.5) is 0 Å². The van der Waals surface area contributed by atoms with Crippen molar-refractivity contribution in [2.75, 3.05) is 0 Å². The molecule has 0 unspecified atom stereocenters. The van der Waals surface area contributed by atoms with E-state index in [0.29, 0.717) is 0 Å². The van der Waals surface area contributed by atoms with Crippen molar-refractivity contribution in [3.05, 3.63) is 18.0 Å². The maximum Gasteiger partial charge on any atom is 0.477 e. The van der Waals surface area contributed by atoms with Crippen LogP contribution in [-0.2, 0) is 4.74 Å². The Morgan fingerprint density at radius 3 is 2.59 bits per heavy atom. The van der Waals surface area contributed by atoms with Gasteiger partial charge in [-0.05, 0) is 27.7 Å². The van der Waals surface area contributed by atoms with E-state index in [1.165, 1.54) is 17.1 Å². The first-order valence-corrected chi connectivity index (χ1v) is 5.34. The van der Waals surface area contributed by atoms with Gasteiger partial charge in [-0.25, -0.2) is 4.79 Å². The number of hydrogen-bond acceptors (Lipinski definition) is 5. The second-order valence-corrected chi connectivity index (χ2v) is 4.87. The molecule has 0 amide bonds. The molecule has 0 fully saturated rings. The zero-order valence-electron chi connectivity index (χ0n) is 10.4. The van der Waals surface area contributed by atoms with E-state index in [2.05, 4.69) is 5.10 Å². The molecule has 6 nitrogen and oxygen atoms in total. The first-order valence-electron chi connectivity index (χ1n) is 5.34. The Labute approximate surface area is 100 Å². The van der Waals surface area contributed by atoms with Crippen molar-refractivity contribution >= 4 is 13.1 Å². The molecule has 0 aromatic carbocycles. The highest BCUT2D eigenvalue weighted by Gasteiger charge is 2.23. The minimum atomic E-state index is -1.53. The molecule has 1 aromatic rings. The van der Waals surface area contributed by atoms with E-state index < -0.39 is 24.6 Å². The molecule has 0 spiro atoms. The van der Waals surface area contributed by atoms with Crippen molar-refractivity contribution < 1.29 is 19.6 Å². The molecule has 2 N–H and O–H groups in total. The Morgan fingerprint density at radius 2 is 2.12 bits per heavy atom. The predicted octanol–water partition coefficient (Wildman–Crippen LogP) is 0.411. The molecule has 7 heteroatoms. The van der Waals surface area contributed by atoms with Crippen LogP contribution in [0.5, 0.6) is 0 Å². The molecule has 0 radical (unpaired) electrons. The molecular weight excluding hydrogens is 223 g/mol. The molecule has 1 heterocycles. The maximum absolute atomic E-state index is 11.7. The molecule has 0 aliphatic rings. The number of nitrogens with zero attached hydrogens (tertiary/aromatic N) is 2. The number of carbonyl (C=O) groups is 1. The molecular formula is C10H17BN2O4. The van der Waals surface area contributed by atoms with E-state index in [1.54, 1.807) is 27.7 Å². The lowest BCUT2D eigenvalue weighted by molar-refractivity contribution is 0.00693. The monoisotopic (exact) mass is 240 g/mol. The Balaban J connectivity index is 2.78. The second-order valence-electron chi connectivity index (χ2n) is 4.87. The molecule has 0 saturated heterocycles. The standard InChI is InChI=1S/C10H17BN2O4/c1-7(11(15)16)13-6-8(5-12-13)9(14)17-10(2,3)4/h5-7,15-16H,1-4H3/t7-/m0/s1. The number of carbonyl (C=O) groups excluding carboxylic acids is 1. The third-order valence-corrected chi connectivity index (χ3v) is 2.08. The maximum atomic E-state index is 11.7. The van der Waals surface area contributed by atoms with Gasteiger partial charge in [-0.2, -0.15) is 5.10 Å². The molecule has 1 rings (SSSR count). The van der Waals surface area contributed by atoms with Crippen molar-refractivity contribution in [3.8, 4) is 0 Å². The summed E-state index contributed by atoms with van der Waals surface area (Å²) in [5, 5.41) is 21.9. The van der Waals surface area contributed by atoms with Crippen LogP contribution in [0.3, 0.4) is 0 Å². The molecule has 0 aliphatic heterocycles. The molecule has 94 valence electrons. The van der Waals surface area contributed by atoms with Gasteiger partial charge in [-0.3, -0.25) is 4.68 Å². The van der Waals surface area contributed by atoms with Crippen molar-refractivity contribution in [3.63, 3.8) is 0 Å². The Morgan fingerprint density at radius 1 is 1.53 bits per heavy atom. The van der Waals surface area contributed by atoms with E-state index in [-0.39, 0.29) is 5.56 Å². The fourth-order valence-corrected chi connectivity index (χ4v) is 1.14. The molecule has 0 bridgehead atoms. The van der Waals surface area contributed by atoms with E-state index in [9.17, 15) is 4.79 Å². The summed E-state index contributed by atoms with van der Waals surface area (Å²) in [6.45, 7) is 6.90. The van der Waals surface area contributed by atoms with Gasteiger partial charge in [-0.15, -0.1) is 0 Å². The van der Waals surface area contributed by atoms with E-state index >= 15 is 0 Å². The van der Waals surface area contributed by atoms with Gasteiger partial charge in [0.2, 0.25) is 0 Å². The first-order chi connectivity index (χ1) is 7.70. The van der Waals surface area contributed by atoms with Gasteiger partial charge in [0.15, 0.2) is 0 Å². The van der Waals surface area contributed by atoms with Gasteiger partial charge in [0.1, 0.15) is 5.60 Å². The third-order valence-electron chi connectivity index (χ3n) is 2.08. The summed E-state index contributed by atoms with van der Waals surface area (Å²) in [5.41, 5.74) is -0.284. The number of hydrogen-bond donors (Lipinski definition) is 2. The third kappa shape index (κ3) is 3.87. The summed E-state index contributed by atoms with van der Waals surface area (Å²) in [6.07, 6.45) is 2.77. The van der Waals surface area contributed by atoms with E-state index in [0.717, 1.165) is 0 Å². The van der Waals surface area contributed by atoms with Crippen LogP contribution in [-0.4, -0.2) is 38.5 Å². The van der Waals surface area contributed by atoms with E-state index in [1.807, 2.05) is 0 Å². The minimum Gasteiger partial charge on any atom is -0.456 e. The van der Waals surface area contributed by atoms with Gasteiger partial charge < -0.3 is 14.8 Å². The van der Waals surface area contributed by atoms with Crippen molar-refractivity contribution in [1.29, 1.82) is 0 Å². The van der Waals surface area contributed by atoms with Crippen LogP contribution >= 0.6 is 0 Å². The van der Waals surface area contributed by atoms with Gasteiger partial charge >= 0.3 is 13.1 Å². The number of esters is 1. The minimum absolute atomic E-state index is 0.285. The highest BCUT2D eigenvalue weighted by Crippen LogP contribution is 2.13. The zero-order chi connectivity index (χ0) is 13.2. The van der Waals surface area contributed by atoms with Crippen LogP contribution in [0.25, 0.3) is 0 Å².